The molecule has 15 heavy (non-hydrogen) atoms. The molecular formula is C13H22N2. The zero-order valence-electron chi connectivity index (χ0n) is 9.98. The Hall–Kier alpha value is -0.860. The van der Waals surface area contributed by atoms with E-state index in [1.165, 1.54) is 5.56 Å². The van der Waals surface area contributed by atoms with E-state index in [2.05, 4.69) is 56.0 Å². The van der Waals surface area contributed by atoms with Crippen LogP contribution in [0.1, 0.15) is 26.3 Å². The number of hydrogen-bond acceptors (Lipinski definition) is 2. The number of nitrogens with two attached hydrogens (primary N) is 1. The van der Waals surface area contributed by atoms with Crippen molar-refractivity contribution in [2.75, 3.05) is 6.54 Å². The first kappa shape index (κ1) is 12.2. The molecule has 0 aromatic heterocycles. The van der Waals surface area contributed by atoms with Gasteiger partial charge < -0.3 is 5.73 Å². The van der Waals surface area contributed by atoms with Crippen LogP contribution in [0.25, 0.3) is 0 Å². The van der Waals surface area contributed by atoms with Gasteiger partial charge in [0.1, 0.15) is 0 Å². The summed E-state index contributed by atoms with van der Waals surface area (Å²) in [6, 6.07) is 11.5. The van der Waals surface area contributed by atoms with Crippen LogP contribution in [0.2, 0.25) is 0 Å². The van der Waals surface area contributed by atoms with E-state index in [4.69, 9.17) is 5.73 Å². The Kier molecular flexibility index (Phi) is 4.79. The van der Waals surface area contributed by atoms with E-state index >= 15 is 0 Å². The van der Waals surface area contributed by atoms with Crippen LogP contribution in [-0.2, 0) is 6.54 Å². The second-order valence-electron chi connectivity index (χ2n) is 4.34. The molecule has 2 heteroatoms. The minimum absolute atomic E-state index is 0.435. The highest BCUT2D eigenvalue weighted by Crippen LogP contribution is 2.11. The summed E-state index contributed by atoms with van der Waals surface area (Å²) in [5.41, 5.74) is 7.08. The van der Waals surface area contributed by atoms with Crippen molar-refractivity contribution in [3.8, 4) is 0 Å². The molecule has 2 nitrogen and oxygen atoms in total. The van der Waals surface area contributed by atoms with E-state index in [0.717, 1.165) is 6.54 Å². The molecular weight excluding hydrogens is 184 g/mol. The molecule has 1 aromatic carbocycles. The van der Waals surface area contributed by atoms with Gasteiger partial charge >= 0.3 is 0 Å². The average molecular weight is 206 g/mol. The van der Waals surface area contributed by atoms with Crippen LogP contribution in [-0.4, -0.2) is 23.5 Å². The lowest BCUT2D eigenvalue weighted by molar-refractivity contribution is 0.159. The highest BCUT2D eigenvalue weighted by atomic mass is 15.2. The molecule has 0 saturated carbocycles. The molecule has 84 valence electrons. The Balaban J connectivity index is 2.67. The Labute approximate surface area is 93.1 Å². The summed E-state index contributed by atoms with van der Waals surface area (Å²) in [6.07, 6.45) is 0. The SMILES string of the molecule is CC(C)N(Cc1ccccc1)C(C)CN. The second kappa shape index (κ2) is 5.89. The molecule has 2 N–H and O–H groups in total. The number of rotatable bonds is 5. The molecule has 0 radical (unpaired) electrons. The number of nitrogens with zero attached hydrogens (tertiary/aromatic N) is 1. The first-order chi connectivity index (χ1) is 7.15. The predicted octanol–water partition coefficient (Wildman–Crippen LogP) is 2.24. The molecule has 0 aliphatic rings. The van der Waals surface area contributed by atoms with Crippen LogP contribution in [0.3, 0.4) is 0 Å². The largest absolute Gasteiger partial charge is 0.329 e. The minimum Gasteiger partial charge on any atom is -0.329 e. The lowest BCUT2D eigenvalue weighted by Gasteiger charge is -2.32. The first-order valence-electron chi connectivity index (χ1n) is 5.65. The maximum absolute atomic E-state index is 5.72. The lowest BCUT2D eigenvalue weighted by Crippen LogP contribution is -2.42. The molecule has 0 amide bonds. The molecule has 1 rings (SSSR count). The van der Waals surface area contributed by atoms with Crippen molar-refractivity contribution in [2.45, 2.75) is 39.4 Å². The van der Waals surface area contributed by atoms with E-state index in [1.807, 2.05) is 0 Å². The fourth-order valence-electron chi connectivity index (χ4n) is 1.78. The second-order valence-corrected chi connectivity index (χ2v) is 4.34. The van der Waals surface area contributed by atoms with Gasteiger partial charge in [0, 0.05) is 25.2 Å². The summed E-state index contributed by atoms with van der Waals surface area (Å²) in [5, 5.41) is 0. The van der Waals surface area contributed by atoms with Crippen LogP contribution < -0.4 is 5.73 Å². The number of benzene rings is 1. The molecule has 0 saturated heterocycles. The van der Waals surface area contributed by atoms with Crippen molar-refractivity contribution >= 4 is 0 Å². The highest BCUT2D eigenvalue weighted by molar-refractivity contribution is 5.14. The standard InChI is InChI=1S/C13H22N2/c1-11(2)15(12(3)9-14)10-13-7-5-4-6-8-13/h4-8,11-12H,9-10,14H2,1-3H3. The number of hydrogen-bond donors (Lipinski definition) is 1. The van der Waals surface area contributed by atoms with Crippen molar-refractivity contribution in [1.82, 2.24) is 4.90 Å². The minimum atomic E-state index is 0.435. The van der Waals surface area contributed by atoms with Gasteiger partial charge in [0.2, 0.25) is 0 Å². The van der Waals surface area contributed by atoms with E-state index in [9.17, 15) is 0 Å². The Morgan fingerprint density at radius 2 is 1.73 bits per heavy atom. The molecule has 0 spiro atoms. The summed E-state index contributed by atoms with van der Waals surface area (Å²) in [7, 11) is 0. The smallest absolute Gasteiger partial charge is 0.0239 e. The van der Waals surface area contributed by atoms with E-state index in [0.29, 0.717) is 18.6 Å². The predicted molar refractivity (Wildman–Crippen MR) is 65.6 cm³/mol. The summed E-state index contributed by atoms with van der Waals surface area (Å²) in [4.78, 5) is 2.43. The summed E-state index contributed by atoms with van der Waals surface area (Å²) >= 11 is 0. The van der Waals surface area contributed by atoms with Crippen molar-refractivity contribution in [1.29, 1.82) is 0 Å². The van der Waals surface area contributed by atoms with Gasteiger partial charge in [0.15, 0.2) is 0 Å². The molecule has 0 bridgehead atoms. The fourth-order valence-corrected chi connectivity index (χ4v) is 1.78. The van der Waals surface area contributed by atoms with Crippen LogP contribution in [0, 0.1) is 0 Å². The molecule has 0 fully saturated rings. The zero-order valence-corrected chi connectivity index (χ0v) is 9.98. The van der Waals surface area contributed by atoms with Gasteiger partial charge in [-0.1, -0.05) is 30.3 Å². The van der Waals surface area contributed by atoms with E-state index < -0.39 is 0 Å². The van der Waals surface area contributed by atoms with Gasteiger partial charge in [-0.05, 0) is 26.3 Å². The van der Waals surface area contributed by atoms with Crippen molar-refractivity contribution in [2.24, 2.45) is 5.73 Å². The van der Waals surface area contributed by atoms with E-state index in [1.54, 1.807) is 0 Å². The Morgan fingerprint density at radius 3 is 2.20 bits per heavy atom. The van der Waals surface area contributed by atoms with Gasteiger partial charge in [-0.25, -0.2) is 0 Å². The topological polar surface area (TPSA) is 29.3 Å². The molecule has 1 aromatic rings. The normalized spacial score (nSPS) is 13.5. The summed E-state index contributed by atoms with van der Waals surface area (Å²) < 4.78 is 0. The Morgan fingerprint density at radius 1 is 1.13 bits per heavy atom. The summed E-state index contributed by atoms with van der Waals surface area (Å²) in [6.45, 7) is 8.31. The first-order valence-corrected chi connectivity index (χ1v) is 5.65. The Bertz CT molecular complexity index is 269. The molecule has 1 atom stereocenters. The molecule has 0 aliphatic heterocycles. The van der Waals surface area contributed by atoms with Crippen molar-refractivity contribution in [3.63, 3.8) is 0 Å². The molecule has 0 aliphatic carbocycles. The summed E-state index contributed by atoms with van der Waals surface area (Å²) in [5.74, 6) is 0. The maximum atomic E-state index is 5.72. The lowest BCUT2D eigenvalue weighted by atomic mass is 10.1. The van der Waals surface area contributed by atoms with Crippen LogP contribution in [0.5, 0.6) is 0 Å². The monoisotopic (exact) mass is 206 g/mol. The van der Waals surface area contributed by atoms with Gasteiger partial charge in [-0.2, -0.15) is 0 Å². The third-order valence-electron chi connectivity index (χ3n) is 2.78. The van der Waals surface area contributed by atoms with Crippen molar-refractivity contribution < 1.29 is 0 Å². The fraction of sp³-hybridized carbons (Fsp3) is 0.538. The quantitative estimate of drug-likeness (QED) is 0.800. The third-order valence-corrected chi connectivity index (χ3v) is 2.78. The van der Waals surface area contributed by atoms with Gasteiger partial charge in [-0.3, -0.25) is 4.90 Å². The van der Waals surface area contributed by atoms with Gasteiger partial charge in [0.05, 0.1) is 0 Å². The third kappa shape index (κ3) is 3.65. The molecule has 0 heterocycles. The van der Waals surface area contributed by atoms with Crippen LogP contribution >= 0.6 is 0 Å². The van der Waals surface area contributed by atoms with Gasteiger partial charge in [-0.15, -0.1) is 0 Å². The maximum Gasteiger partial charge on any atom is 0.0239 e. The van der Waals surface area contributed by atoms with E-state index in [-0.39, 0.29) is 0 Å². The van der Waals surface area contributed by atoms with Gasteiger partial charge in [0.25, 0.3) is 0 Å². The zero-order chi connectivity index (χ0) is 11.3. The van der Waals surface area contributed by atoms with Crippen LogP contribution in [0.4, 0.5) is 0 Å². The van der Waals surface area contributed by atoms with Crippen molar-refractivity contribution in [3.05, 3.63) is 35.9 Å². The van der Waals surface area contributed by atoms with Crippen LogP contribution in [0.15, 0.2) is 30.3 Å². The average Bonchev–Trinajstić information content (AvgIpc) is 2.26. The highest BCUT2D eigenvalue weighted by Gasteiger charge is 2.15. The molecule has 1 unspecified atom stereocenters.